The topological polar surface area (TPSA) is 92.9 Å². The third-order valence-corrected chi connectivity index (χ3v) is 4.67. The molecule has 1 saturated heterocycles. The molecule has 7 heteroatoms. The Morgan fingerprint density at radius 1 is 1.45 bits per heavy atom. The minimum absolute atomic E-state index is 0.00456. The number of aliphatic carboxylic acids is 1. The van der Waals surface area contributed by atoms with E-state index in [-0.39, 0.29) is 30.2 Å². The van der Waals surface area contributed by atoms with Crippen LogP contribution in [0.2, 0.25) is 0 Å². The van der Waals surface area contributed by atoms with Crippen molar-refractivity contribution in [2.24, 2.45) is 5.92 Å². The van der Waals surface area contributed by atoms with Gasteiger partial charge in [0.25, 0.3) is 5.91 Å². The van der Waals surface area contributed by atoms with E-state index in [2.05, 4.69) is 5.16 Å². The van der Waals surface area contributed by atoms with Gasteiger partial charge >= 0.3 is 5.97 Å². The molecule has 1 aromatic heterocycles. The molecule has 120 valence electrons. The Balaban J connectivity index is 1.85. The molecule has 2 aliphatic rings. The number of rotatable bonds is 4. The van der Waals surface area contributed by atoms with E-state index < -0.39 is 12.0 Å². The molecule has 3 rings (SSSR count). The van der Waals surface area contributed by atoms with E-state index >= 15 is 0 Å². The van der Waals surface area contributed by atoms with Gasteiger partial charge in [-0.25, -0.2) is 4.79 Å². The molecule has 0 aromatic carbocycles. The van der Waals surface area contributed by atoms with Crippen LogP contribution in [0.3, 0.4) is 0 Å². The van der Waals surface area contributed by atoms with E-state index in [4.69, 9.17) is 9.26 Å². The zero-order valence-corrected chi connectivity index (χ0v) is 12.5. The minimum Gasteiger partial charge on any atom is -0.480 e. The molecule has 1 aromatic rings. The van der Waals surface area contributed by atoms with E-state index in [1.54, 1.807) is 0 Å². The fourth-order valence-corrected chi connectivity index (χ4v) is 3.73. The van der Waals surface area contributed by atoms with Gasteiger partial charge in [0.15, 0.2) is 11.5 Å². The lowest BCUT2D eigenvalue weighted by Gasteiger charge is -2.32. The van der Waals surface area contributed by atoms with Crippen LogP contribution in [-0.4, -0.2) is 46.2 Å². The van der Waals surface area contributed by atoms with Crippen molar-refractivity contribution in [3.8, 4) is 0 Å². The molecule has 0 radical (unpaired) electrons. The number of carboxylic acids is 1. The second-order valence-electron chi connectivity index (χ2n) is 6.03. The summed E-state index contributed by atoms with van der Waals surface area (Å²) in [7, 11) is 1.53. The standard InChI is InChI=1S/C15H20N2O5/c1-21-8-10-7-11(16-22-10)14(18)17-12-5-3-2-4-9(12)6-13(17)15(19)20/h7,9,12-13H,2-6,8H2,1H3,(H,19,20)/t9-,12+,13+/m1/s1. The number of carbonyl (C=O) groups is 2. The summed E-state index contributed by atoms with van der Waals surface area (Å²) in [4.78, 5) is 25.8. The molecule has 7 nitrogen and oxygen atoms in total. The molecule has 0 unspecified atom stereocenters. The Bertz CT molecular complexity index is 570. The van der Waals surface area contributed by atoms with Crippen LogP contribution in [0.25, 0.3) is 0 Å². The van der Waals surface area contributed by atoms with Crippen molar-refractivity contribution in [2.75, 3.05) is 7.11 Å². The smallest absolute Gasteiger partial charge is 0.326 e. The Morgan fingerprint density at radius 3 is 2.95 bits per heavy atom. The number of methoxy groups -OCH3 is 1. The van der Waals surface area contributed by atoms with Crippen LogP contribution in [0.1, 0.15) is 48.4 Å². The van der Waals surface area contributed by atoms with Gasteiger partial charge in [0, 0.05) is 19.2 Å². The second kappa shape index (κ2) is 6.08. The van der Waals surface area contributed by atoms with Crippen LogP contribution in [0.15, 0.2) is 10.6 Å². The third-order valence-electron chi connectivity index (χ3n) is 4.67. The lowest BCUT2D eigenvalue weighted by molar-refractivity contribution is -0.141. The highest BCUT2D eigenvalue weighted by atomic mass is 16.5. The van der Waals surface area contributed by atoms with Crippen molar-refractivity contribution < 1.29 is 24.0 Å². The summed E-state index contributed by atoms with van der Waals surface area (Å²) in [6, 6.07) is 0.772. The molecule has 0 bridgehead atoms. The van der Waals surface area contributed by atoms with Crippen LogP contribution in [-0.2, 0) is 16.1 Å². The van der Waals surface area contributed by atoms with Crippen LogP contribution >= 0.6 is 0 Å². The minimum atomic E-state index is -0.941. The summed E-state index contributed by atoms with van der Waals surface area (Å²) < 4.78 is 9.99. The van der Waals surface area contributed by atoms with Crippen molar-refractivity contribution in [1.29, 1.82) is 0 Å². The van der Waals surface area contributed by atoms with Gasteiger partial charge in [-0.15, -0.1) is 0 Å². The maximum atomic E-state index is 12.7. The van der Waals surface area contributed by atoms with Crippen molar-refractivity contribution in [3.63, 3.8) is 0 Å². The van der Waals surface area contributed by atoms with Crippen LogP contribution < -0.4 is 0 Å². The predicted molar refractivity (Wildman–Crippen MR) is 75.2 cm³/mol. The Labute approximate surface area is 128 Å². The van der Waals surface area contributed by atoms with Gasteiger partial charge in [0.1, 0.15) is 12.6 Å². The number of hydrogen-bond acceptors (Lipinski definition) is 5. The quantitative estimate of drug-likeness (QED) is 0.909. The molecular formula is C15H20N2O5. The first-order valence-corrected chi connectivity index (χ1v) is 7.61. The molecule has 0 spiro atoms. The van der Waals surface area contributed by atoms with E-state index in [0.29, 0.717) is 12.2 Å². The summed E-state index contributed by atoms with van der Waals surface area (Å²) in [6.45, 7) is 0.231. The van der Waals surface area contributed by atoms with Crippen LogP contribution in [0.5, 0.6) is 0 Å². The number of nitrogens with zero attached hydrogens (tertiary/aromatic N) is 2. The number of fused-ring (bicyclic) bond motifs is 1. The van der Waals surface area contributed by atoms with Crippen LogP contribution in [0, 0.1) is 5.92 Å². The zero-order valence-electron chi connectivity index (χ0n) is 12.5. The summed E-state index contributed by atoms with van der Waals surface area (Å²) >= 11 is 0. The molecule has 1 aliphatic heterocycles. The van der Waals surface area contributed by atoms with Crippen LogP contribution in [0.4, 0.5) is 0 Å². The Hall–Kier alpha value is -1.89. The number of hydrogen-bond donors (Lipinski definition) is 1. The lowest BCUT2D eigenvalue weighted by Crippen LogP contribution is -2.46. The van der Waals surface area contributed by atoms with Crippen molar-refractivity contribution >= 4 is 11.9 Å². The monoisotopic (exact) mass is 308 g/mol. The fourth-order valence-electron chi connectivity index (χ4n) is 3.73. The lowest BCUT2D eigenvalue weighted by atomic mass is 9.84. The first kappa shape index (κ1) is 15.0. The SMILES string of the molecule is COCc1cc(C(=O)N2[C@H](C(=O)O)C[C@H]3CCCC[C@@H]32)no1. The molecule has 2 heterocycles. The molecule has 1 saturated carbocycles. The average molecular weight is 308 g/mol. The molecule has 1 N–H and O–H groups in total. The summed E-state index contributed by atoms with van der Waals surface area (Å²) in [5.41, 5.74) is 0.157. The van der Waals surface area contributed by atoms with Gasteiger partial charge < -0.3 is 19.3 Å². The summed E-state index contributed by atoms with van der Waals surface area (Å²) in [5.74, 6) is -0.558. The number of carbonyl (C=O) groups excluding carboxylic acids is 1. The van der Waals surface area contributed by atoms with E-state index in [0.717, 1.165) is 25.7 Å². The second-order valence-corrected chi connectivity index (χ2v) is 6.03. The van der Waals surface area contributed by atoms with Gasteiger partial charge in [0.2, 0.25) is 0 Å². The predicted octanol–water partition coefficient (Wildman–Crippen LogP) is 1.68. The highest BCUT2D eigenvalue weighted by molar-refractivity contribution is 5.95. The maximum absolute atomic E-state index is 12.7. The van der Waals surface area contributed by atoms with Gasteiger partial charge in [-0.1, -0.05) is 18.0 Å². The number of carboxylic acid groups (broad SMARTS) is 1. The zero-order chi connectivity index (χ0) is 15.7. The molecule has 1 amide bonds. The normalized spacial score (nSPS) is 27.7. The number of aromatic nitrogens is 1. The Kier molecular flexibility index (Phi) is 4.15. The highest BCUT2D eigenvalue weighted by Crippen LogP contribution is 2.40. The molecule has 1 aliphatic carbocycles. The van der Waals surface area contributed by atoms with Gasteiger partial charge in [-0.05, 0) is 25.2 Å². The number of amides is 1. The number of ether oxygens (including phenoxy) is 1. The largest absolute Gasteiger partial charge is 0.480 e. The van der Waals surface area contributed by atoms with Gasteiger partial charge in [-0.3, -0.25) is 4.79 Å². The molecule has 3 atom stereocenters. The molecule has 22 heavy (non-hydrogen) atoms. The number of likely N-dealkylation sites (tertiary alicyclic amines) is 1. The van der Waals surface area contributed by atoms with Crippen molar-refractivity contribution in [3.05, 3.63) is 17.5 Å². The van der Waals surface area contributed by atoms with Crippen molar-refractivity contribution in [1.82, 2.24) is 10.1 Å². The Morgan fingerprint density at radius 2 is 2.23 bits per heavy atom. The summed E-state index contributed by atoms with van der Waals surface area (Å²) in [6.07, 6.45) is 4.53. The first-order valence-electron chi connectivity index (χ1n) is 7.61. The fraction of sp³-hybridized carbons (Fsp3) is 0.667. The molecule has 2 fully saturated rings. The third kappa shape index (κ3) is 2.61. The maximum Gasteiger partial charge on any atom is 0.326 e. The van der Waals surface area contributed by atoms with E-state index in [1.807, 2.05) is 0 Å². The molecular weight excluding hydrogens is 288 g/mol. The van der Waals surface area contributed by atoms with E-state index in [9.17, 15) is 14.7 Å². The highest BCUT2D eigenvalue weighted by Gasteiger charge is 2.48. The van der Waals surface area contributed by atoms with Gasteiger partial charge in [-0.2, -0.15) is 0 Å². The van der Waals surface area contributed by atoms with E-state index in [1.165, 1.54) is 18.1 Å². The average Bonchev–Trinajstić information content (AvgIpc) is 3.11. The first-order chi connectivity index (χ1) is 10.6. The summed E-state index contributed by atoms with van der Waals surface area (Å²) in [5, 5.41) is 13.2. The van der Waals surface area contributed by atoms with Crippen molar-refractivity contribution in [2.45, 2.75) is 50.8 Å². The van der Waals surface area contributed by atoms with Gasteiger partial charge in [0.05, 0.1) is 0 Å².